The van der Waals surface area contributed by atoms with E-state index >= 15 is 0 Å². The van der Waals surface area contributed by atoms with E-state index < -0.39 is 5.54 Å². The highest BCUT2D eigenvalue weighted by Crippen LogP contribution is 2.47. The van der Waals surface area contributed by atoms with Crippen molar-refractivity contribution in [2.75, 3.05) is 13.2 Å². The maximum Gasteiger partial charge on any atom is 0.163 e. The van der Waals surface area contributed by atoms with E-state index in [1.165, 1.54) is 0 Å². The van der Waals surface area contributed by atoms with Gasteiger partial charge in [-0.3, -0.25) is 4.79 Å². The Morgan fingerprint density at radius 3 is 2.26 bits per heavy atom. The van der Waals surface area contributed by atoms with Gasteiger partial charge in [0.15, 0.2) is 5.78 Å². The number of benzene rings is 1. The number of carbonyl (C=O) groups is 1. The van der Waals surface area contributed by atoms with E-state index in [0.717, 1.165) is 41.0 Å². The lowest BCUT2D eigenvalue weighted by Crippen LogP contribution is -2.30. The second kappa shape index (κ2) is 3.97. The molecule has 0 radical (unpaired) electrons. The third-order valence-electron chi connectivity index (χ3n) is 3.80. The summed E-state index contributed by atoms with van der Waals surface area (Å²) in [4.78, 5) is 12.0. The summed E-state index contributed by atoms with van der Waals surface area (Å²) < 4.78 is 11.5. The Labute approximate surface area is 112 Å². The molecule has 0 amide bonds. The Bertz CT molecular complexity index is 535. The molecule has 0 atom stereocenters. The molecule has 0 aromatic heterocycles. The Morgan fingerprint density at radius 1 is 1.11 bits per heavy atom. The van der Waals surface area contributed by atoms with Gasteiger partial charge in [-0.2, -0.15) is 0 Å². The standard InChI is InChI=1S/C15H19NO3/c1-8(17)11-9-4-6-19-14(9)12(15(2,3)16)10-5-7-18-13(10)11/h4-7,16H2,1-3H3. The van der Waals surface area contributed by atoms with Gasteiger partial charge >= 0.3 is 0 Å². The summed E-state index contributed by atoms with van der Waals surface area (Å²) in [5, 5.41) is 0. The number of carbonyl (C=O) groups excluding carboxylic acids is 1. The van der Waals surface area contributed by atoms with Crippen molar-refractivity contribution in [1.29, 1.82) is 0 Å². The van der Waals surface area contributed by atoms with E-state index in [0.29, 0.717) is 18.8 Å². The molecule has 2 aliphatic heterocycles. The Hall–Kier alpha value is -1.55. The molecule has 19 heavy (non-hydrogen) atoms. The first-order valence-electron chi connectivity index (χ1n) is 6.69. The monoisotopic (exact) mass is 261 g/mol. The highest BCUT2D eigenvalue weighted by Gasteiger charge is 2.37. The summed E-state index contributed by atoms with van der Waals surface area (Å²) in [6.07, 6.45) is 1.55. The first-order valence-corrected chi connectivity index (χ1v) is 6.69. The first kappa shape index (κ1) is 12.5. The average Bonchev–Trinajstić information content (AvgIpc) is 2.89. The number of ether oxygens (including phenoxy) is 2. The van der Waals surface area contributed by atoms with Crippen LogP contribution < -0.4 is 15.2 Å². The van der Waals surface area contributed by atoms with Crippen LogP contribution in [-0.2, 0) is 18.4 Å². The molecule has 102 valence electrons. The SMILES string of the molecule is CC(=O)c1c2c(c(C(C)(C)N)c3c1OCC3)OCC2. The topological polar surface area (TPSA) is 61.6 Å². The number of nitrogens with two attached hydrogens (primary N) is 1. The summed E-state index contributed by atoms with van der Waals surface area (Å²) in [7, 11) is 0. The van der Waals surface area contributed by atoms with E-state index in [9.17, 15) is 4.79 Å². The van der Waals surface area contributed by atoms with Gasteiger partial charge in [-0.15, -0.1) is 0 Å². The molecule has 4 nitrogen and oxygen atoms in total. The van der Waals surface area contributed by atoms with Crippen LogP contribution in [-0.4, -0.2) is 19.0 Å². The van der Waals surface area contributed by atoms with Crippen molar-refractivity contribution in [2.45, 2.75) is 39.2 Å². The maximum absolute atomic E-state index is 12.0. The van der Waals surface area contributed by atoms with Crippen molar-refractivity contribution in [2.24, 2.45) is 5.73 Å². The minimum Gasteiger partial charge on any atom is -0.493 e. The van der Waals surface area contributed by atoms with Gasteiger partial charge in [0.1, 0.15) is 11.5 Å². The molecule has 0 aliphatic carbocycles. The van der Waals surface area contributed by atoms with E-state index in [-0.39, 0.29) is 5.78 Å². The lowest BCUT2D eigenvalue weighted by Gasteiger charge is -2.26. The second-order valence-corrected chi connectivity index (χ2v) is 5.84. The van der Waals surface area contributed by atoms with Crippen LogP contribution >= 0.6 is 0 Å². The Kier molecular flexibility index (Phi) is 2.61. The fraction of sp³-hybridized carbons (Fsp3) is 0.533. The lowest BCUT2D eigenvalue weighted by molar-refractivity contribution is 0.101. The third kappa shape index (κ3) is 1.74. The van der Waals surface area contributed by atoms with Crippen molar-refractivity contribution >= 4 is 5.78 Å². The highest BCUT2D eigenvalue weighted by molar-refractivity contribution is 6.00. The maximum atomic E-state index is 12.0. The van der Waals surface area contributed by atoms with Gasteiger partial charge in [-0.05, 0) is 20.8 Å². The molecule has 2 aliphatic rings. The second-order valence-electron chi connectivity index (χ2n) is 5.84. The van der Waals surface area contributed by atoms with E-state index in [1.54, 1.807) is 6.92 Å². The lowest BCUT2D eigenvalue weighted by atomic mass is 9.84. The predicted molar refractivity (Wildman–Crippen MR) is 72.1 cm³/mol. The fourth-order valence-corrected chi connectivity index (χ4v) is 3.16. The molecule has 0 fully saturated rings. The normalized spacial score (nSPS) is 16.6. The smallest absolute Gasteiger partial charge is 0.163 e. The largest absolute Gasteiger partial charge is 0.493 e. The Morgan fingerprint density at radius 2 is 1.68 bits per heavy atom. The van der Waals surface area contributed by atoms with E-state index in [1.807, 2.05) is 13.8 Å². The number of rotatable bonds is 2. The summed E-state index contributed by atoms with van der Waals surface area (Å²) in [5.41, 5.74) is 9.55. The number of hydrogen-bond donors (Lipinski definition) is 1. The van der Waals surface area contributed by atoms with Crippen LogP contribution in [0, 0.1) is 0 Å². The number of hydrogen-bond acceptors (Lipinski definition) is 4. The minimum atomic E-state index is -0.498. The molecule has 1 aromatic carbocycles. The summed E-state index contributed by atoms with van der Waals surface area (Å²) in [6.45, 7) is 6.75. The van der Waals surface area contributed by atoms with Gasteiger partial charge in [-0.25, -0.2) is 0 Å². The van der Waals surface area contributed by atoms with Crippen molar-refractivity contribution in [3.05, 3.63) is 22.3 Å². The molecule has 2 heterocycles. The molecule has 0 bridgehead atoms. The molecular weight excluding hydrogens is 242 g/mol. The quantitative estimate of drug-likeness (QED) is 0.827. The van der Waals surface area contributed by atoms with Crippen LogP contribution in [0.25, 0.3) is 0 Å². The average molecular weight is 261 g/mol. The highest BCUT2D eigenvalue weighted by atomic mass is 16.5. The summed E-state index contributed by atoms with van der Waals surface area (Å²) in [5.74, 6) is 1.61. The van der Waals surface area contributed by atoms with Crippen molar-refractivity contribution < 1.29 is 14.3 Å². The first-order chi connectivity index (χ1) is 8.91. The molecule has 2 N–H and O–H groups in total. The van der Waals surface area contributed by atoms with Gasteiger partial charge in [0.25, 0.3) is 0 Å². The zero-order valence-electron chi connectivity index (χ0n) is 11.6. The van der Waals surface area contributed by atoms with Crippen LogP contribution in [0.5, 0.6) is 11.5 Å². The van der Waals surface area contributed by atoms with Gasteiger partial charge in [-0.1, -0.05) is 0 Å². The molecule has 0 spiro atoms. The Balaban J connectivity index is 2.38. The summed E-state index contributed by atoms with van der Waals surface area (Å²) in [6, 6.07) is 0. The van der Waals surface area contributed by atoms with Crippen molar-refractivity contribution in [3.8, 4) is 11.5 Å². The molecule has 3 rings (SSSR count). The van der Waals surface area contributed by atoms with Gasteiger partial charge < -0.3 is 15.2 Å². The molecule has 4 heteroatoms. The number of ketones is 1. The van der Waals surface area contributed by atoms with Gasteiger partial charge in [0.05, 0.1) is 18.8 Å². The molecule has 1 aromatic rings. The number of fused-ring (bicyclic) bond motifs is 2. The van der Waals surface area contributed by atoms with Gasteiger partial charge in [0.2, 0.25) is 0 Å². The zero-order valence-corrected chi connectivity index (χ0v) is 11.6. The summed E-state index contributed by atoms with van der Waals surface area (Å²) >= 11 is 0. The molecule has 0 unspecified atom stereocenters. The molecular formula is C15H19NO3. The van der Waals surface area contributed by atoms with Crippen molar-refractivity contribution in [3.63, 3.8) is 0 Å². The van der Waals surface area contributed by atoms with E-state index in [4.69, 9.17) is 15.2 Å². The fourth-order valence-electron chi connectivity index (χ4n) is 3.16. The van der Waals surface area contributed by atoms with Crippen LogP contribution in [0.3, 0.4) is 0 Å². The molecule has 0 saturated heterocycles. The molecule has 0 saturated carbocycles. The van der Waals surface area contributed by atoms with Crippen LogP contribution in [0.4, 0.5) is 0 Å². The number of Topliss-reactive ketones (excluding diaryl/α,β-unsaturated/α-hetero) is 1. The van der Waals surface area contributed by atoms with Crippen molar-refractivity contribution in [1.82, 2.24) is 0 Å². The predicted octanol–water partition coefficient (Wildman–Crippen LogP) is 1.95. The van der Waals surface area contributed by atoms with Crippen LogP contribution in [0.1, 0.15) is 47.8 Å². The zero-order chi connectivity index (χ0) is 13.8. The minimum absolute atomic E-state index is 0.0428. The van der Waals surface area contributed by atoms with Gasteiger partial charge in [0, 0.05) is 35.1 Å². The third-order valence-corrected chi connectivity index (χ3v) is 3.80. The van der Waals surface area contributed by atoms with Crippen LogP contribution in [0.15, 0.2) is 0 Å². The van der Waals surface area contributed by atoms with Crippen LogP contribution in [0.2, 0.25) is 0 Å². The van der Waals surface area contributed by atoms with E-state index in [2.05, 4.69) is 0 Å².